The smallest absolute Gasteiger partial charge is 0.0286 e. The van der Waals surface area contributed by atoms with E-state index in [4.69, 9.17) is 1.37 Å². The Morgan fingerprint density at radius 1 is 1.57 bits per heavy atom. The van der Waals surface area contributed by atoms with E-state index in [1.54, 1.807) is 0 Å². The second kappa shape index (κ2) is 1.03. The van der Waals surface area contributed by atoms with Crippen LogP contribution in [0.25, 0.3) is 0 Å². The molecule has 0 amide bonds. The maximum Gasteiger partial charge on any atom is 0.0286 e. The fraction of sp³-hybridized carbons (Fsp3) is 1.00. The SMILES string of the molecule is [2H]C1CNCC12CC2. The molecule has 1 aliphatic carbocycles. The highest BCUT2D eigenvalue weighted by atomic mass is 14.9. The van der Waals surface area contributed by atoms with Gasteiger partial charge in [0.2, 0.25) is 0 Å². The summed E-state index contributed by atoms with van der Waals surface area (Å²) in [7, 11) is 0. The molecule has 1 heterocycles. The van der Waals surface area contributed by atoms with Crippen LogP contribution in [0.2, 0.25) is 0 Å². The lowest BCUT2D eigenvalue weighted by molar-refractivity contribution is 0.574. The van der Waals surface area contributed by atoms with Crippen LogP contribution in [0.15, 0.2) is 0 Å². The van der Waals surface area contributed by atoms with Gasteiger partial charge in [-0.1, -0.05) is 0 Å². The molecule has 0 bridgehead atoms. The van der Waals surface area contributed by atoms with E-state index in [0.717, 1.165) is 13.1 Å². The molecule has 1 nitrogen and oxygen atoms in total. The largest absolute Gasteiger partial charge is 0.316 e. The summed E-state index contributed by atoms with van der Waals surface area (Å²) < 4.78 is 7.53. The highest BCUT2D eigenvalue weighted by molar-refractivity contribution is 4.98. The topological polar surface area (TPSA) is 12.0 Å². The molecule has 1 unspecified atom stereocenters. The van der Waals surface area contributed by atoms with Crippen molar-refractivity contribution >= 4 is 0 Å². The van der Waals surface area contributed by atoms with Crippen LogP contribution in [0.3, 0.4) is 0 Å². The molecular weight excluding hydrogens is 86.1 g/mol. The number of nitrogens with one attached hydrogen (secondary N) is 1. The van der Waals surface area contributed by atoms with Gasteiger partial charge in [0.1, 0.15) is 0 Å². The molecule has 2 rings (SSSR count). The predicted molar refractivity (Wildman–Crippen MR) is 29.2 cm³/mol. The third kappa shape index (κ3) is 0.480. The Hall–Kier alpha value is -0.0400. The minimum Gasteiger partial charge on any atom is -0.316 e. The molecule has 1 saturated carbocycles. The van der Waals surface area contributed by atoms with Crippen molar-refractivity contribution in [3.05, 3.63) is 0 Å². The van der Waals surface area contributed by atoms with Gasteiger partial charge < -0.3 is 5.32 Å². The molecule has 1 spiro atoms. The third-order valence-corrected chi connectivity index (χ3v) is 2.05. The quantitative estimate of drug-likeness (QED) is 0.471. The van der Waals surface area contributed by atoms with Gasteiger partial charge in [-0.15, -0.1) is 0 Å². The monoisotopic (exact) mass is 98.1 g/mol. The lowest BCUT2D eigenvalue weighted by Gasteiger charge is -1.96. The summed E-state index contributed by atoms with van der Waals surface area (Å²) >= 11 is 0. The molecule has 0 aromatic rings. The van der Waals surface area contributed by atoms with E-state index in [9.17, 15) is 0 Å². The molecule has 1 atom stereocenters. The Morgan fingerprint density at radius 2 is 2.43 bits per heavy atom. The summed E-state index contributed by atoms with van der Waals surface area (Å²) in [5.74, 6) is 0. The first-order valence-corrected chi connectivity index (χ1v) is 2.96. The molecule has 2 fully saturated rings. The van der Waals surface area contributed by atoms with Crippen molar-refractivity contribution in [2.24, 2.45) is 5.41 Å². The van der Waals surface area contributed by atoms with E-state index in [1.165, 1.54) is 12.8 Å². The van der Waals surface area contributed by atoms with Crippen molar-refractivity contribution < 1.29 is 1.37 Å². The first kappa shape index (κ1) is 3.08. The molecule has 7 heavy (non-hydrogen) atoms. The van der Waals surface area contributed by atoms with E-state index in [0.29, 0.717) is 5.41 Å². The van der Waals surface area contributed by atoms with Gasteiger partial charge in [0.25, 0.3) is 0 Å². The van der Waals surface area contributed by atoms with Gasteiger partial charge in [0, 0.05) is 7.92 Å². The predicted octanol–water partition coefficient (Wildman–Crippen LogP) is 0.760. The Bertz CT molecular complexity index is 109. The van der Waals surface area contributed by atoms with Crippen molar-refractivity contribution in [1.82, 2.24) is 5.32 Å². The molecule has 1 N–H and O–H groups in total. The third-order valence-electron chi connectivity index (χ3n) is 2.05. The zero-order valence-electron chi connectivity index (χ0n) is 5.41. The fourth-order valence-electron chi connectivity index (χ4n) is 1.22. The number of rotatable bonds is 0. The van der Waals surface area contributed by atoms with Crippen LogP contribution in [0.4, 0.5) is 0 Å². The van der Waals surface area contributed by atoms with Crippen molar-refractivity contribution in [2.75, 3.05) is 13.1 Å². The molecule has 2 aliphatic rings. The first-order chi connectivity index (χ1) is 3.83. The van der Waals surface area contributed by atoms with E-state index in [2.05, 4.69) is 5.32 Å². The van der Waals surface area contributed by atoms with Crippen molar-refractivity contribution in [3.63, 3.8) is 0 Å². The van der Waals surface area contributed by atoms with Gasteiger partial charge in [-0.25, -0.2) is 0 Å². The van der Waals surface area contributed by atoms with Crippen LogP contribution < -0.4 is 5.32 Å². The van der Waals surface area contributed by atoms with Crippen LogP contribution >= 0.6 is 0 Å². The minimum absolute atomic E-state index is 0.211. The van der Waals surface area contributed by atoms with Gasteiger partial charge in [0.05, 0.1) is 0 Å². The van der Waals surface area contributed by atoms with Crippen LogP contribution in [-0.2, 0) is 0 Å². The highest BCUT2D eigenvalue weighted by Crippen LogP contribution is 2.49. The molecule has 1 aliphatic heterocycles. The van der Waals surface area contributed by atoms with E-state index in [1.807, 2.05) is 0 Å². The normalized spacial score (nSPS) is 46.9. The Balaban J connectivity index is 2.12. The number of hydrogen-bond donors (Lipinski definition) is 1. The number of hydrogen-bond acceptors (Lipinski definition) is 1. The summed E-state index contributed by atoms with van der Waals surface area (Å²) in [6.45, 7) is 2.04. The van der Waals surface area contributed by atoms with Gasteiger partial charge >= 0.3 is 0 Å². The molecular formula is C6H11N. The Labute approximate surface area is 45.5 Å². The molecule has 1 saturated heterocycles. The zero-order valence-corrected chi connectivity index (χ0v) is 4.41. The van der Waals surface area contributed by atoms with Crippen LogP contribution in [0.1, 0.15) is 20.6 Å². The van der Waals surface area contributed by atoms with Gasteiger partial charge in [-0.3, -0.25) is 0 Å². The van der Waals surface area contributed by atoms with E-state index in [-0.39, 0.29) is 6.40 Å². The van der Waals surface area contributed by atoms with Crippen LogP contribution in [-0.4, -0.2) is 13.1 Å². The molecule has 1 heteroatoms. The second-order valence-electron chi connectivity index (χ2n) is 2.70. The Kier molecular flexibility index (Phi) is 0.451. The summed E-state index contributed by atoms with van der Waals surface area (Å²) in [5, 5.41) is 3.24. The summed E-state index contributed by atoms with van der Waals surface area (Å²) in [4.78, 5) is 0. The van der Waals surface area contributed by atoms with Gasteiger partial charge in [0.15, 0.2) is 0 Å². The van der Waals surface area contributed by atoms with Gasteiger partial charge in [-0.05, 0) is 31.2 Å². The van der Waals surface area contributed by atoms with Crippen molar-refractivity contribution in [3.8, 4) is 0 Å². The molecule has 0 radical (unpaired) electrons. The summed E-state index contributed by atoms with van der Waals surface area (Å²) in [6.07, 6.45) is 2.81. The standard InChI is InChI=1S/C6H11N/c1-2-6(1)3-4-7-5-6/h7H,1-5H2/i3D. The lowest BCUT2D eigenvalue weighted by Crippen LogP contribution is -2.08. The fourth-order valence-corrected chi connectivity index (χ4v) is 1.22. The highest BCUT2D eigenvalue weighted by Gasteiger charge is 2.44. The van der Waals surface area contributed by atoms with Crippen molar-refractivity contribution in [1.29, 1.82) is 0 Å². The first-order valence-electron chi connectivity index (χ1n) is 3.54. The molecule has 0 aromatic carbocycles. The average Bonchev–Trinajstić information content (AvgIpc) is 2.39. The molecule has 0 aromatic heterocycles. The maximum absolute atomic E-state index is 7.53. The summed E-state index contributed by atoms with van der Waals surface area (Å²) in [5.41, 5.74) is 0.458. The zero-order chi connectivity index (χ0) is 5.61. The lowest BCUT2D eigenvalue weighted by atomic mass is 10.1. The molecule has 40 valence electrons. The summed E-state index contributed by atoms with van der Waals surface area (Å²) in [6, 6.07) is 0. The van der Waals surface area contributed by atoms with Crippen molar-refractivity contribution in [2.45, 2.75) is 19.2 Å². The maximum atomic E-state index is 7.53. The average molecular weight is 98.2 g/mol. The second-order valence-corrected chi connectivity index (χ2v) is 2.70. The minimum atomic E-state index is 0.211. The van der Waals surface area contributed by atoms with Crippen LogP contribution in [0, 0.1) is 5.41 Å². The van der Waals surface area contributed by atoms with Crippen LogP contribution in [0.5, 0.6) is 0 Å². The van der Waals surface area contributed by atoms with E-state index >= 15 is 0 Å². The Morgan fingerprint density at radius 3 is 2.71 bits per heavy atom. The van der Waals surface area contributed by atoms with E-state index < -0.39 is 0 Å². The van der Waals surface area contributed by atoms with Gasteiger partial charge in [-0.2, -0.15) is 0 Å².